The summed E-state index contributed by atoms with van der Waals surface area (Å²) in [6.45, 7) is 7.90. The Labute approximate surface area is 129 Å². The van der Waals surface area contributed by atoms with Gasteiger partial charge in [0, 0.05) is 44.7 Å². The van der Waals surface area contributed by atoms with Crippen molar-refractivity contribution >= 4 is 5.91 Å². The first-order chi connectivity index (χ1) is 10.6. The summed E-state index contributed by atoms with van der Waals surface area (Å²) < 4.78 is 10.6. The first-order valence-electron chi connectivity index (χ1n) is 7.64. The summed E-state index contributed by atoms with van der Waals surface area (Å²) >= 11 is 0. The monoisotopic (exact) mass is 303 g/mol. The summed E-state index contributed by atoms with van der Waals surface area (Å²) in [5.41, 5.74) is 0.884. The molecule has 0 bridgehead atoms. The fourth-order valence-corrected chi connectivity index (χ4v) is 2.64. The molecule has 0 aromatic carbocycles. The number of piperazine rings is 1. The zero-order valence-electron chi connectivity index (χ0n) is 13.0. The highest BCUT2D eigenvalue weighted by Gasteiger charge is 2.23. The summed E-state index contributed by atoms with van der Waals surface area (Å²) in [6, 6.07) is 5.58. The second-order valence-electron chi connectivity index (χ2n) is 5.92. The molecule has 2 aromatic rings. The smallest absolute Gasteiger partial charge is 0.225 e. The lowest BCUT2D eigenvalue weighted by Crippen LogP contribution is -2.49. The molecule has 1 aliphatic heterocycles. The molecular weight excluding hydrogens is 282 g/mol. The van der Waals surface area contributed by atoms with Gasteiger partial charge in [-0.2, -0.15) is 0 Å². The van der Waals surface area contributed by atoms with E-state index in [1.54, 1.807) is 6.26 Å². The topological polar surface area (TPSA) is 62.7 Å². The van der Waals surface area contributed by atoms with Crippen LogP contribution in [0.25, 0.3) is 11.5 Å². The highest BCUT2D eigenvalue weighted by Crippen LogP contribution is 2.21. The van der Waals surface area contributed by atoms with Crippen LogP contribution in [0.3, 0.4) is 0 Å². The molecule has 118 valence electrons. The van der Waals surface area contributed by atoms with Gasteiger partial charge < -0.3 is 13.8 Å². The van der Waals surface area contributed by atoms with Crippen LogP contribution in [0.15, 0.2) is 33.4 Å². The van der Waals surface area contributed by atoms with E-state index in [9.17, 15) is 4.79 Å². The van der Waals surface area contributed by atoms with E-state index in [-0.39, 0.29) is 11.8 Å². The number of nitrogens with zero attached hydrogens (tertiary/aromatic N) is 3. The van der Waals surface area contributed by atoms with Crippen molar-refractivity contribution in [3.63, 3.8) is 0 Å². The lowest BCUT2D eigenvalue weighted by Gasteiger charge is -2.35. The molecule has 3 heterocycles. The lowest BCUT2D eigenvalue weighted by atomic mass is 10.1. The molecule has 0 spiro atoms. The van der Waals surface area contributed by atoms with E-state index in [4.69, 9.17) is 8.94 Å². The number of amides is 1. The minimum atomic E-state index is 0.0675. The van der Waals surface area contributed by atoms with Gasteiger partial charge in [-0.25, -0.2) is 0 Å². The SMILES string of the molecule is CC(C)C(=O)N1CCN(Cc2cc(-c3ccco3)on2)CC1. The van der Waals surface area contributed by atoms with Crippen LogP contribution >= 0.6 is 0 Å². The zero-order chi connectivity index (χ0) is 15.5. The number of rotatable bonds is 4. The molecular formula is C16H21N3O3. The maximum absolute atomic E-state index is 12.0. The Balaban J connectivity index is 1.54. The van der Waals surface area contributed by atoms with Crippen molar-refractivity contribution < 1.29 is 13.7 Å². The number of aromatic nitrogens is 1. The zero-order valence-corrected chi connectivity index (χ0v) is 13.0. The number of carbonyl (C=O) groups is 1. The number of furan rings is 1. The Bertz CT molecular complexity index is 610. The molecule has 0 radical (unpaired) electrons. The van der Waals surface area contributed by atoms with Crippen LogP contribution in [0.1, 0.15) is 19.5 Å². The van der Waals surface area contributed by atoms with Gasteiger partial charge in [0.15, 0.2) is 5.76 Å². The van der Waals surface area contributed by atoms with Gasteiger partial charge in [-0.1, -0.05) is 19.0 Å². The van der Waals surface area contributed by atoms with Crippen LogP contribution in [0.5, 0.6) is 0 Å². The largest absolute Gasteiger partial charge is 0.461 e. The first kappa shape index (κ1) is 14.8. The van der Waals surface area contributed by atoms with Crippen molar-refractivity contribution in [3.8, 4) is 11.5 Å². The third-order valence-corrected chi connectivity index (χ3v) is 3.89. The number of carbonyl (C=O) groups excluding carboxylic acids is 1. The predicted molar refractivity (Wildman–Crippen MR) is 80.9 cm³/mol. The van der Waals surface area contributed by atoms with E-state index in [0.717, 1.165) is 38.4 Å². The van der Waals surface area contributed by atoms with Gasteiger partial charge in [-0.3, -0.25) is 9.69 Å². The first-order valence-corrected chi connectivity index (χ1v) is 7.64. The van der Waals surface area contributed by atoms with Crippen molar-refractivity contribution in [2.24, 2.45) is 5.92 Å². The van der Waals surface area contributed by atoms with E-state index in [1.807, 2.05) is 36.9 Å². The van der Waals surface area contributed by atoms with Crippen molar-refractivity contribution in [2.45, 2.75) is 20.4 Å². The Morgan fingerprint density at radius 2 is 2.05 bits per heavy atom. The third-order valence-electron chi connectivity index (χ3n) is 3.89. The van der Waals surface area contributed by atoms with Crippen LogP contribution in [0.2, 0.25) is 0 Å². The fraction of sp³-hybridized carbons (Fsp3) is 0.500. The fourth-order valence-electron chi connectivity index (χ4n) is 2.64. The highest BCUT2D eigenvalue weighted by atomic mass is 16.5. The Morgan fingerprint density at radius 1 is 1.27 bits per heavy atom. The molecule has 0 N–H and O–H groups in total. The number of hydrogen-bond donors (Lipinski definition) is 0. The van der Waals surface area contributed by atoms with E-state index in [0.29, 0.717) is 11.5 Å². The van der Waals surface area contributed by atoms with Gasteiger partial charge in [0.25, 0.3) is 0 Å². The minimum absolute atomic E-state index is 0.0675. The molecule has 1 amide bonds. The van der Waals surface area contributed by atoms with Crippen LogP contribution in [-0.2, 0) is 11.3 Å². The Morgan fingerprint density at radius 3 is 2.68 bits per heavy atom. The molecule has 3 rings (SSSR count). The summed E-state index contributed by atoms with van der Waals surface area (Å²) in [7, 11) is 0. The quantitative estimate of drug-likeness (QED) is 0.866. The molecule has 1 saturated heterocycles. The second-order valence-corrected chi connectivity index (χ2v) is 5.92. The van der Waals surface area contributed by atoms with Gasteiger partial charge in [0.05, 0.1) is 12.0 Å². The molecule has 22 heavy (non-hydrogen) atoms. The summed E-state index contributed by atoms with van der Waals surface area (Å²) in [5, 5.41) is 4.09. The van der Waals surface area contributed by atoms with Gasteiger partial charge in [-0.15, -0.1) is 0 Å². The van der Waals surface area contributed by atoms with Crippen LogP contribution in [0.4, 0.5) is 0 Å². The lowest BCUT2D eigenvalue weighted by molar-refractivity contribution is -0.136. The normalized spacial score (nSPS) is 16.4. The summed E-state index contributed by atoms with van der Waals surface area (Å²) in [6.07, 6.45) is 1.61. The van der Waals surface area contributed by atoms with Crippen molar-refractivity contribution in [2.75, 3.05) is 26.2 Å². The second kappa shape index (κ2) is 6.36. The van der Waals surface area contributed by atoms with Gasteiger partial charge in [0.1, 0.15) is 0 Å². The predicted octanol–water partition coefficient (Wildman–Crippen LogP) is 2.23. The molecule has 6 heteroatoms. The molecule has 0 atom stereocenters. The van der Waals surface area contributed by atoms with E-state index in [2.05, 4.69) is 10.1 Å². The maximum Gasteiger partial charge on any atom is 0.225 e. The molecule has 1 aliphatic rings. The highest BCUT2D eigenvalue weighted by molar-refractivity contribution is 5.78. The molecule has 2 aromatic heterocycles. The third kappa shape index (κ3) is 3.22. The molecule has 6 nitrogen and oxygen atoms in total. The summed E-state index contributed by atoms with van der Waals surface area (Å²) in [4.78, 5) is 16.2. The maximum atomic E-state index is 12.0. The Hall–Kier alpha value is -2.08. The average Bonchev–Trinajstić information content (AvgIpc) is 3.18. The summed E-state index contributed by atoms with van der Waals surface area (Å²) in [5.74, 6) is 1.64. The standard InChI is InChI=1S/C16H21N3O3/c1-12(2)16(20)19-7-5-18(6-8-19)11-13-10-15(22-17-13)14-4-3-9-21-14/h3-4,9-10,12H,5-8,11H2,1-2H3. The average molecular weight is 303 g/mol. The van der Waals surface area contributed by atoms with Crippen molar-refractivity contribution in [1.82, 2.24) is 15.0 Å². The van der Waals surface area contributed by atoms with Crippen molar-refractivity contribution in [1.29, 1.82) is 0 Å². The van der Waals surface area contributed by atoms with Crippen molar-refractivity contribution in [3.05, 3.63) is 30.2 Å². The van der Waals surface area contributed by atoms with Gasteiger partial charge in [0.2, 0.25) is 11.7 Å². The molecule has 1 fully saturated rings. The van der Waals surface area contributed by atoms with Crippen LogP contribution < -0.4 is 0 Å². The van der Waals surface area contributed by atoms with Gasteiger partial charge >= 0.3 is 0 Å². The van der Waals surface area contributed by atoms with E-state index in [1.165, 1.54) is 0 Å². The van der Waals surface area contributed by atoms with E-state index < -0.39 is 0 Å². The van der Waals surface area contributed by atoms with Crippen LogP contribution in [0, 0.1) is 5.92 Å². The molecule has 0 saturated carbocycles. The Kier molecular flexibility index (Phi) is 4.29. The van der Waals surface area contributed by atoms with Crippen LogP contribution in [-0.4, -0.2) is 47.0 Å². The number of hydrogen-bond acceptors (Lipinski definition) is 5. The van der Waals surface area contributed by atoms with E-state index >= 15 is 0 Å². The van der Waals surface area contributed by atoms with Gasteiger partial charge in [-0.05, 0) is 12.1 Å². The molecule has 0 unspecified atom stereocenters. The minimum Gasteiger partial charge on any atom is -0.461 e. The molecule has 0 aliphatic carbocycles.